The molecule has 144 valence electrons. The van der Waals surface area contributed by atoms with Gasteiger partial charge in [0.2, 0.25) is 0 Å². The summed E-state index contributed by atoms with van der Waals surface area (Å²) in [6.45, 7) is 9.51. The van der Waals surface area contributed by atoms with Crippen LogP contribution in [0.3, 0.4) is 0 Å². The Morgan fingerprint density at radius 3 is 1.31 bits per heavy atom. The molecule has 2 aromatic carbocycles. The van der Waals surface area contributed by atoms with Crippen LogP contribution in [0.15, 0.2) is 60.7 Å². The highest BCUT2D eigenvalue weighted by atomic mass is 79.9. The SMILES string of the molecule is CCCCC[N+](CCCCC)(Cc1ccccc1)Cc1ccccc1.[Br-]. The minimum Gasteiger partial charge on any atom is -1.00 e. The van der Waals surface area contributed by atoms with E-state index >= 15 is 0 Å². The Morgan fingerprint density at radius 1 is 0.577 bits per heavy atom. The topological polar surface area (TPSA) is 0 Å². The number of benzene rings is 2. The molecule has 0 bridgehead atoms. The van der Waals surface area contributed by atoms with Crippen molar-refractivity contribution >= 4 is 0 Å². The van der Waals surface area contributed by atoms with Gasteiger partial charge in [-0.3, -0.25) is 0 Å². The van der Waals surface area contributed by atoms with Crippen LogP contribution in [0.5, 0.6) is 0 Å². The lowest BCUT2D eigenvalue weighted by Crippen LogP contribution is -3.00. The van der Waals surface area contributed by atoms with Gasteiger partial charge in [-0.2, -0.15) is 0 Å². The summed E-state index contributed by atoms with van der Waals surface area (Å²) in [6.07, 6.45) is 7.95. The first-order valence-corrected chi connectivity index (χ1v) is 10.2. The van der Waals surface area contributed by atoms with Gasteiger partial charge in [-0.15, -0.1) is 0 Å². The Balaban J connectivity index is 0.00000338. The minimum atomic E-state index is 0. The van der Waals surface area contributed by atoms with Gasteiger partial charge in [0.25, 0.3) is 0 Å². The highest BCUT2D eigenvalue weighted by molar-refractivity contribution is 5.15. The van der Waals surface area contributed by atoms with Crippen LogP contribution in [0.4, 0.5) is 0 Å². The van der Waals surface area contributed by atoms with E-state index in [1.54, 1.807) is 0 Å². The van der Waals surface area contributed by atoms with Gasteiger partial charge >= 0.3 is 0 Å². The van der Waals surface area contributed by atoms with Gasteiger partial charge in [0.1, 0.15) is 13.1 Å². The summed E-state index contributed by atoms with van der Waals surface area (Å²) in [5, 5.41) is 0. The second kappa shape index (κ2) is 13.1. The first-order valence-electron chi connectivity index (χ1n) is 10.2. The summed E-state index contributed by atoms with van der Waals surface area (Å²) in [5.41, 5.74) is 2.96. The van der Waals surface area contributed by atoms with Gasteiger partial charge in [0.15, 0.2) is 0 Å². The first-order chi connectivity index (χ1) is 12.3. The predicted octanol–water partition coefficient (Wildman–Crippen LogP) is 3.59. The van der Waals surface area contributed by atoms with Gasteiger partial charge in [-0.05, 0) is 25.7 Å². The Labute approximate surface area is 171 Å². The number of rotatable bonds is 12. The van der Waals surface area contributed by atoms with Crippen molar-refractivity contribution < 1.29 is 21.5 Å². The maximum Gasteiger partial charge on any atom is 0.105 e. The van der Waals surface area contributed by atoms with Crippen molar-refractivity contribution in [2.24, 2.45) is 0 Å². The Morgan fingerprint density at radius 2 is 0.962 bits per heavy atom. The molecular formula is C24H36BrN. The molecule has 0 amide bonds. The molecule has 0 heterocycles. The van der Waals surface area contributed by atoms with Gasteiger partial charge in [-0.1, -0.05) is 87.4 Å². The fraction of sp³-hybridized carbons (Fsp3) is 0.500. The summed E-state index contributed by atoms with van der Waals surface area (Å²) in [7, 11) is 0. The molecule has 0 spiro atoms. The number of quaternary nitrogens is 1. The molecule has 2 rings (SSSR count). The van der Waals surface area contributed by atoms with Crippen molar-refractivity contribution in [3.63, 3.8) is 0 Å². The van der Waals surface area contributed by atoms with E-state index < -0.39 is 0 Å². The fourth-order valence-electron chi connectivity index (χ4n) is 3.82. The average Bonchev–Trinajstić information content (AvgIpc) is 2.64. The zero-order chi connectivity index (χ0) is 17.8. The molecule has 0 saturated heterocycles. The van der Waals surface area contributed by atoms with Crippen molar-refractivity contribution in [2.45, 2.75) is 65.5 Å². The fourth-order valence-corrected chi connectivity index (χ4v) is 3.82. The summed E-state index contributed by atoms with van der Waals surface area (Å²) in [6, 6.07) is 22.2. The van der Waals surface area contributed by atoms with E-state index in [1.165, 1.54) is 67.2 Å². The van der Waals surface area contributed by atoms with E-state index in [0.717, 1.165) is 13.1 Å². The Hall–Kier alpha value is -1.12. The third-order valence-electron chi connectivity index (χ3n) is 5.19. The minimum absolute atomic E-state index is 0. The van der Waals surface area contributed by atoms with Crippen LogP contribution in [-0.2, 0) is 13.1 Å². The lowest BCUT2D eigenvalue weighted by Gasteiger charge is -2.39. The zero-order valence-corrected chi connectivity index (χ0v) is 18.3. The van der Waals surface area contributed by atoms with Crippen molar-refractivity contribution in [1.29, 1.82) is 0 Å². The summed E-state index contributed by atoms with van der Waals surface area (Å²) < 4.78 is 1.20. The molecule has 1 nitrogen and oxygen atoms in total. The number of hydrogen-bond acceptors (Lipinski definition) is 0. The normalized spacial score (nSPS) is 11.2. The lowest BCUT2D eigenvalue weighted by atomic mass is 10.1. The molecule has 0 aromatic heterocycles. The number of unbranched alkanes of at least 4 members (excludes halogenated alkanes) is 4. The highest BCUT2D eigenvalue weighted by Crippen LogP contribution is 2.23. The highest BCUT2D eigenvalue weighted by Gasteiger charge is 2.27. The Kier molecular flexibility index (Phi) is 11.6. The van der Waals surface area contributed by atoms with Crippen molar-refractivity contribution in [3.05, 3.63) is 71.8 Å². The van der Waals surface area contributed by atoms with Crippen LogP contribution in [0.1, 0.15) is 63.5 Å². The molecule has 0 unspecified atom stereocenters. The predicted molar refractivity (Wildman–Crippen MR) is 109 cm³/mol. The van der Waals surface area contributed by atoms with Crippen LogP contribution in [-0.4, -0.2) is 17.6 Å². The van der Waals surface area contributed by atoms with Crippen LogP contribution >= 0.6 is 0 Å². The monoisotopic (exact) mass is 417 g/mol. The van der Waals surface area contributed by atoms with Crippen LogP contribution in [0, 0.1) is 0 Å². The molecule has 0 saturated carbocycles. The van der Waals surface area contributed by atoms with Crippen molar-refractivity contribution in [3.8, 4) is 0 Å². The third kappa shape index (κ3) is 8.05. The largest absolute Gasteiger partial charge is 1.00 e. The number of halogens is 1. The molecule has 0 fully saturated rings. The van der Waals surface area contributed by atoms with E-state index in [9.17, 15) is 0 Å². The van der Waals surface area contributed by atoms with Gasteiger partial charge in [-0.25, -0.2) is 0 Å². The maximum absolute atomic E-state index is 2.31. The zero-order valence-electron chi connectivity index (χ0n) is 16.7. The van der Waals surface area contributed by atoms with E-state index in [-0.39, 0.29) is 17.0 Å². The van der Waals surface area contributed by atoms with E-state index in [4.69, 9.17) is 0 Å². The van der Waals surface area contributed by atoms with Gasteiger partial charge in [0.05, 0.1) is 13.1 Å². The number of nitrogens with zero attached hydrogens (tertiary/aromatic N) is 1. The van der Waals surface area contributed by atoms with Crippen LogP contribution in [0.25, 0.3) is 0 Å². The maximum atomic E-state index is 2.31. The summed E-state index contributed by atoms with van der Waals surface area (Å²) in [5.74, 6) is 0. The van der Waals surface area contributed by atoms with Gasteiger partial charge in [0, 0.05) is 11.1 Å². The second-order valence-electron chi connectivity index (χ2n) is 7.49. The molecule has 2 aromatic rings. The Bertz CT molecular complexity index is 514. The molecule has 0 aliphatic heterocycles. The van der Waals surface area contributed by atoms with Crippen molar-refractivity contribution in [1.82, 2.24) is 0 Å². The molecule has 26 heavy (non-hydrogen) atoms. The first kappa shape index (κ1) is 22.9. The second-order valence-corrected chi connectivity index (χ2v) is 7.49. The van der Waals surface area contributed by atoms with E-state index in [0.29, 0.717) is 0 Å². The smallest absolute Gasteiger partial charge is 0.105 e. The third-order valence-corrected chi connectivity index (χ3v) is 5.19. The number of hydrogen-bond donors (Lipinski definition) is 0. The molecule has 0 radical (unpaired) electrons. The molecule has 2 heteroatoms. The molecule has 0 aliphatic rings. The lowest BCUT2D eigenvalue weighted by molar-refractivity contribution is -0.954. The molecule has 0 atom stereocenters. The van der Waals surface area contributed by atoms with E-state index in [2.05, 4.69) is 74.5 Å². The van der Waals surface area contributed by atoms with Gasteiger partial charge < -0.3 is 21.5 Å². The standard InChI is InChI=1S/C24H36N.BrH/c1-3-5-13-19-25(20-14-6-4-2,21-23-15-9-7-10-16-23)22-24-17-11-8-12-18-24;/h7-12,15-18H,3-6,13-14,19-22H2,1-2H3;1H/q+1;/p-1. The van der Waals surface area contributed by atoms with Crippen LogP contribution in [0.2, 0.25) is 0 Å². The van der Waals surface area contributed by atoms with Crippen molar-refractivity contribution in [2.75, 3.05) is 13.1 Å². The molecular weight excluding hydrogens is 382 g/mol. The van der Waals surface area contributed by atoms with Crippen LogP contribution < -0.4 is 17.0 Å². The molecule has 0 N–H and O–H groups in total. The summed E-state index contributed by atoms with van der Waals surface area (Å²) in [4.78, 5) is 0. The van der Waals surface area contributed by atoms with E-state index in [1.807, 2.05) is 0 Å². The average molecular weight is 418 g/mol. The molecule has 0 aliphatic carbocycles. The summed E-state index contributed by atoms with van der Waals surface area (Å²) >= 11 is 0. The quantitative estimate of drug-likeness (QED) is 0.365.